The molecular weight excluding hydrogens is 971 g/mol. The molecule has 3 aromatic rings. The van der Waals surface area contributed by atoms with Crippen molar-refractivity contribution in [2.75, 3.05) is 0 Å². The average Bonchev–Trinajstić information content (AvgIpc) is 4.06. The number of amides is 1. The van der Waals surface area contributed by atoms with Crippen molar-refractivity contribution < 1.29 is 29.2 Å². The molecule has 0 atom stereocenters. The lowest BCUT2D eigenvalue weighted by Crippen LogP contribution is -2.08. The van der Waals surface area contributed by atoms with Crippen LogP contribution in [0.5, 0.6) is 0 Å². The summed E-state index contributed by atoms with van der Waals surface area (Å²) in [7, 11) is 7.36. The Labute approximate surface area is 429 Å². The van der Waals surface area contributed by atoms with Crippen LogP contribution in [0.2, 0.25) is 0 Å². The SMILES string of the molecule is CCCCCCCCCCCCc1csc(C(=O)Cl)c1.CCCCCCCCCCCCc1csc(C(=O)O)c1.CCCCCCCCCCCCc1csc(C(N)=O)c1.N.O.O=S(Cl)Cl. The molecule has 3 heterocycles. The highest BCUT2D eigenvalue weighted by molar-refractivity contribution is 8.26. The van der Waals surface area contributed by atoms with Gasteiger partial charge in [-0.1, -0.05) is 194 Å². The van der Waals surface area contributed by atoms with Gasteiger partial charge >= 0.3 is 5.97 Å². The van der Waals surface area contributed by atoms with E-state index in [1.807, 2.05) is 23.6 Å². The van der Waals surface area contributed by atoms with Crippen LogP contribution < -0.4 is 11.9 Å². The minimum Gasteiger partial charge on any atom is -0.477 e. The molecule has 0 radical (unpaired) electrons. The molecule has 8 nitrogen and oxygen atoms in total. The number of carboxylic acid groups (broad SMARTS) is 1. The van der Waals surface area contributed by atoms with Gasteiger partial charge in [0.25, 0.3) is 11.1 Å². The van der Waals surface area contributed by atoms with E-state index < -0.39 is 15.2 Å². The van der Waals surface area contributed by atoms with Gasteiger partial charge in [-0.25, -0.2) is 9.00 Å². The lowest BCUT2D eigenvalue weighted by molar-refractivity contribution is 0.0701. The highest BCUT2D eigenvalue weighted by Crippen LogP contribution is 2.21. The summed E-state index contributed by atoms with van der Waals surface area (Å²) in [5, 5.41) is 14.6. The minimum absolute atomic E-state index is 0. The van der Waals surface area contributed by atoms with Gasteiger partial charge in [0.15, 0.2) is 0 Å². The number of aromatic carboxylic acids is 1. The number of rotatable bonds is 36. The third-order valence-corrected chi connectivity index (χ3v) is 14.3. The molecule has 0 saturated carbocycles. The van der Waals surface area contributed by atoms with Crippen LogP contribution in [-0.2, 0) is 28.5 Å². The van der Waals surface area contributed by atoms with Gasteiger partial charge in [0.05, 0.1) is 9.75 Å². The van der Waals surface area contributed by atoms with Crippen molar-refractivity contribution in [1.82, 2.24) is 6.15 Å². The number of carbonyl (C=O) groups excluding carboxylic acids is 2. The molecule has 0 aliphatic rings. The van der Waals surface area contributed by atoms with Crippen LogP contribution in [0.4, 0.5) is 0 Å². The van der Waals surface area contributed by atoms with E-state index in [1.54, 1.807) is 0 Å². The van der Waals surface area contributed by atoms with Gasteiger partial charge in [-0.3, -0.25) is 9.59 Å². The molecule has 66 heavy (non-hydrogen) atoms. The molecule has 0 aliphatic heterocycles. The summed E-state index contributed by atoms with van der Waals surface area (Å²) < 4.78 is 9.09. The molecule has 3 aromatic heterocycles. The number of carbonyl (C=O) groups is 3. The normalized spacial score (nSPS) is 10.4. The van der Waals surface area contributed by atoms with Crippen molar-refractivity contribution in [2.24, 2.45) is 5.73 Å². The van der Waals surface area contributed by atoms with E-state index in [0.717, 1.165) is 19.3 Å². The predicted molar refractivity (Wildman–Crippen MR) is 294 cm³/mol. The molecule has 1 amide bonds. The molecule has 0 aromatic carbocycles. The Balaban J connectivity index is -0.000000852. The highest BCUT2D eigenvalue weighted by atomic mass is 36.0. The Morgan fingerprint density at radius 2 is 0.712 bits per heavy atom. The smallest absolute Gasteiger partial charge is 0.345 e. The Bertz CT molecular complexity index is 1410. The van der Waals surface area contributed by atoms with Gasteiger partial charge in [-0.2, -0.15) is 0 Å². The van der Waals surface area contributed by atoms with E-state index in [0.29, 0.717) is 14.6 Å². The molecule has 8 N–H and O–H groups in total. The number of primary amides is 1. The molecule has 0 aliphatic carbocycles. The zero-order valence-electron chi connectivity index (χ0n) is 40.9. The largest absolute Gasteiger partial charge is 0.477 e. The van der Waals surface area contributed by atoms with E-state index in [4.69, 9.17) is 26.7 Å². The van der Waals surface area contributed by atoms with Crippen molar-refractivity contribution in [1.29, 1.82) is 0 Å². The fourth-order valence-electron chi connectivity index (χ4n) is 7.31. The van der Waals surface area contributed by atoms with Crippen molar-refractivity contribution in [2.45, 2.75) is 233 Å². The van der Waals surface area contributed by atoms with Crippen LogP contribution in [-0.4, -0.2) is 31.9 Å². The molecule has 0 bridgehead atoms. The molecule has 15 heteroatoms. The molecule has 0 fully saturated rings. The third kappa shape index (κ3) is 43.9. The molecule has 3 rings (SSSR count). The Morgan fingerprint density at radius 1 is 0.485 bits per heavy atom. The summed E-state index contributed by atoms with van der Waals surface area (Å²) >= 11 is 9.71. The topological polar surface area (TPSA) is 181 Å². The maximum Gasteiger partial charge on any atom is 0.345 e. The Morgan fingerprint density at radius 3 is 0.924 bits per heavy atom. The van der Waals surface area contributed by atoms with E-state index >= 15 is 0 Å². The standard InChI is InChI=1S/C17H27ClOS.C17H29NOS.C17H28O2S.Cl2OS.H3N.H2O/c3*1-2-3-4-5-6-7-8-9-10-11-12-15-13-16(17(18)19)20-14-15;1-4(2)3;;/h13-14H,2-12H2,1H3;13-14H,2-12H2,1H3,(H2,18,19);13-14H,2-12H2,1H3,(H,18,19);;1H3;1H2. The molecule has 384 valence electrons. The van der Waals surface area contributed by atoms with Crippen molar-refractivity contribution in [3.63, 3.8) is 0 Å². The Hall–Kier alpha value is -1.35. The third-order valence-electron chi connectivity index (χ3n) is 11.1. The van der Waals surface area contributed by atoms with Crippen LogP contribution in [0.1, 0.15) is 259 Å². The second kappa shape index (κ2) is 50.1. The van der Waals surface area contributed by atoms with E-state index in [-0.39, 0.29) is 22.8 Å². The quantitative estimate of drug-likeness (QED) is 0.0385. The van der Waals surface area contributed by atoms with Crippen LogP contribution >= 0.6 is 67.0 Å². The second-order valence-electron chi connectivity index (χ2n) is 16.9. The molecule has 0 spiro atoms. The predicted octanol–water partition coefficient (Wildman–Crippen LogP) is 18.2. The summed E-state index contributed by atoms with van der Waals surface area (Å²) in [6.07, 6.45) is 43.9. The van der Waals surface area contributed by atoms with Gasteiger partial charge in [-0.15, -0.1) is 34.0 Å². The number of hydrogen-bond donors (Lipinski definition) is 3. The van der Waals surface area contributed by atoms with Gasteiger partial charge in [-0.05, 0) is 101 Å². The fraction of sp³-hybridized carbons (Fsp3) is 0.706. The maximum atomic E-state index is 11.0. The van der Waals surface area contributed by atoms with Gasteiger partial charge in [0, 0.05) is 21.4 Å². The van der Waals surface area contributed by atoms with Gasteiger partial charge in [0.2, 0.25) is 9.23 Å². The molecule has 0 unspecified atom stereocenters. The first-order valence-corrected chi connectivity index (χ1v) is 30.5. The van der Waals surface area contributed by atoms with Crippen molar-refractivity contribution in [3.05, 3.63) is 65.7 Å². The average molecular weight is 1060 g/mol. The lowest BCUT2D eigenvalue weighted by Gasteiger charge is -2.02. The van der Waals surface area contributed by atoms with E-state index in [1.165, 1.54) is 243 Å². The number of unbranched alkanes of at least 4 members (excludes halogenated alkanes) is 27. The fourth-order valence-corrected chi connectivity index (χ4v) is 9.86. The minimum atomic E-state index is -1.67. The summed E-state index contributed by atoms with van der Waals surface area (Å²) in [4.78, 5) is 34.6. The monoisotopic (exact) mass is 1060 g/mol. The molecule has 0 saturated heterocycles. The first-order valence-electron chi connectivity index (χ1n) is 24.6. The summed E-state index contributed by atoms with van der Waals surface area (Å²) in [6.45, 7) is 6.78. The number of halogens is 3. The molecular formula is C51H89Cl3N2O6S4. The number of aryl methyl sites for hydroxylation is 3. The highest BCUT2D eigenvalue weighted by Gasteiger charge is 2.08. The first kappa shape index (κ1) is 68.9. The van der Waals surface area contributed by atoms with E-state index in [2.05, 4.69) is 52.9 Å². The summed E-state index contributed by atoms with van der Waals surface area (Å²) in [5.74, 6) is -1.10. The number of nitrogens with two attached hydrogens (primary N) is 1. The summed E-state index contributed by atoms with van der Waals surface area (Å²) in [5.41, 5.74) is 8.97. The number of carboxylic acids is 1. The van der Waals surface area contributed by atoms with Crippen molar-refractivity contribution >= 4 is 93.3 Å². The maximum absolute atomic E-state index is 11.0. The summed E-state index contributed by atoms with van der Waals surface area (Å²) in [6, 6.07) is 5.70. The van der Waals surface area contributed by atoms with Crippen LogP contribution in [0, 0.1) is 0 Å². The van der Waals surface area contributed by atoms with Crippen LogP contribution in [0.3, 0.4) is 0 Å². The van der Waals surface area contributed by atoms with E-state index in [9.17, 15) is 14.4 Å². The van der Waals surface area contributed by atoms with Gasteiger partial charge in [0.1, 0.15) is 4.88 Å². The second-order valence-corrected chi connectivity index (χ2v) is 22.5. The first-order chi connectivity index (χ1) is 30.9. The van der Waals surface area contributed by atoms with Crippen molar-refractivity contribution in [3.8, 4) is 0 Å². The van der Waals surface area contributed by atoms with Crippen LogP contribution in [0.25, 0.3) is 0 Å². The van der Waals surface area contributed by atoms with Gasteiger partial charge < -0.3 is 22.5 Å². The number of hydrogen-bond acceptors (Lipinski definition) is 8. The zero-order valence-corrected chi connectivity index (χ0v) is 46.5. The number of thiophene rings is 3. The lowest BCUT2D eigenvalue weighted by atomic mass is 10.0. The van der Waals surface area contributed by atoms with Crippen LogP contribution in [0.15, 0.2) is 34.3 Å². The Kier molecular flexibility index (Phi) is 52.3. The zero-order chi connectivity index (χ0) is 47.5.